The summed E-state index contributed by atoms with van der Waals surface area (Å²) in [6.45, 7) is 11.2. The molecule has 0 radical (unpaired) electrons. The van der Waals surface area contributed by atoms with Crippen molar-refractivity contribution >= 4 is 35.6 Å². The molecule has 50 heavy (non-hydrogen) atoms. The fourth-order valence-electron chi connectivity index (χ4n) is 5.93. The predicted molar refractivity (Wildman–Crippen MR) is 187 cm³/mol. The van der Waals surface area contributed by atoms with Crippen LogP contribution in [0, 0.1) is 0 Å². The number of amides is 4. The highest BCUT2D eigenvalue weighted by Gasteiger charge is 2.38. The topological polar surface area (TPSA) is 151 Å². The third-order valence-corrected chi connectivity index (χ3v) is 8.47. The number of carbonyl (C=O) groups is 6. The van der Waals surface area contributed by atoms with Crippen LogP contribution in [0.25, 0.3) is 0 Å². The summed E-state index contributed by atoms with van der Waals surface area (Å²) in [5, 5.41) is 5.36. The van der Waals surface area contributed by atoms with E-state index < -0.39 is 35.5 Å². The number of aryl methyl sites for hydroxylation is 2. The lowest BCUT2D eigenvalue weighted by molar-refractivity contribution is -0.125. The standard InChI is InChI=1S/C38H50N4O8/c1-37(2,3)49-35(47)41-21-7-9-29(41)33(45)39-23-31(43)27-17-13-25(14-18-27)11-12-26-15-19-28(20-16-26)32(44)24-40-34(46)30-10-8-22-42(30)36(48)50-38(4,5)6/h13-20,29-30H,7-12,21-24H2,1-6H3,(H,39,45)(H,40,46)/t29-,30-/m0/s1. The number of rotatable bonds is 11. The summed E-state index contributed by atoms with van der Waals surface area (Å²) in [6, 6.07) is 13.2. The van der Waals surface area contributed by atoms with Gasteiger partial charge in [-0.05, 0) is 91.2 Å². The van der Waals surface area contributed by atoms with Gasteiger partial charge in [-0.2, -0.15) is 0 Å². The summed E-state index contributed by atoms with van der Waals surface area (Å²) < 4.78 is 10.8. The van der Waals surface area contributed by atoms with E-state index in [1.54, 1.807) is 65.8 Å². The van der Waals surface area contributed by atoms with E-state index in [-0.39, 0.29) is 36.5 Å². The smallest absolute Gasteiger partial charge is 0.410 e. The molecule has 2 heterocycles. The van der Waals surface area contributed by atoms with Crippen LogP contribution in [0.15, 0.2) is 48.5 Å². The van der Waals surface area contributed by atoms with Gasteiger partial charge in [0.1, 0.15) is 23.3 Å². The van der Waals surface area contributed by atoms with Gasteiger partial charge < -0.3 is 20.1 Å². The number of hydrogen-bond acceptors (Lipinski definition) is 8. The summed E-state index contributed by atoms with van der Waals surface area (Å²) in [7, 11) is 0. The van der Waals surface area contributed by atoms with Crippen LogP contribution < -0.4 is 10.6 Å². The highest BCUT2D eigenvalue weighted by atomic mass is 16.6. The largest absolute Gasteiger partial charge is 0.444 e. The molecule has 270 valence electrons. The number of nitrogens with zero attached hydrogens (tertiary/aromatic N) is 2. The molecule has 0 spiro atoms. The minimum absolute atomic E-state index is 0.170. The van der Waals surface area contributed by atoms with Crippen LogP contribution >= 0.6 is 0 Å². The maximum absolute atomic E-state index is 12.8. The summed E-state index contributed by atoms with van der Waals surface area (Å²) >= 11 is 0. The Balaban J connectivity index is 1.20. The molecule has 4 amide bonds. The monoisotopic (exact) mass is 690 g/mol. The molecule has 12 nitrogen and oxygen atoms in total. The van der Waals surface area contributed by atoms with Gasteiger partial charge in [0.05, 0.1) is 13.1 Å². The molecule has 0 bridgehead atoms. The maximum atomic E-state index is 12.8. The molecule has 2 N–H and O–H groups in total. The van der Waals surface area contributed by atoms with Crippen LogP contribution in [0.3, 0.4) is 0 Å². The Morgan fingerprint density at radius 1 is 0.600 bits per heavy atom. The Bertz CT molecular complexity index is 1440. The maximum Gasteiger partial charge on any atom is 0.410 e. The van der Waals surface area contributed by atoms with E-state index >= 15 is 0 Å². The third-order valence-electron chi connectivity index (χ3n) is 8.47. The summed E-state index contributed by atoms with van der Waals surface area (Å²) in [5.74, 6) is -1.20. The predicted octanol–water partition coefficient (Wildman–Crippen LogP) is 4.87. The van der Waals surface area contributed by atoms with Crippen LogP contribution in [-0.4, -0.2) is 94.8 Å². The van der Waals surface area contributed by atoms with E-state index in [4.69, 9.17) is 9.47 Å². The highest BCUT2D eigenvalue weighted by Crippen LogP contribution is 2.22. The molecule has 2 aromatic rings. The van der Waals surface area contributed by atoms with Crippen molar-refractivity contribution in [1.82, 2.24) is 20.4 Å². The van der Waals surface area contributed by atoms with Gasteiger partial charge in [0, 0.05) is 24.2 Å². The molecule has 0 unspecified atom stereocenters. The lowest BCUT2D eigenvalue weighted by atomic mass is 10.0. The number of nitrogens with one attached hydrogen (secondary N) is 2. The van der Waals surface area contributed by atoms with Gasteiger partial charge in [-0.1, -0.05) is 48.5 Å². The molecule has 0 saturated carbocycles. The minimum atomic E-state index is -0.665. The first-order chi connectivity index (χ1) is 23.5. The molecule has 0 aliphatic carbocycles. The number of carbonyl (C=O) groups excluding carboxylic acids is 6. The number of Topliss-reactive ketones (excluding diaryl/α,β-unsaturated/α-hetero) is 2. The Hall–Kier alpha value is -4.74. The molecule has 2 fully saturated rings. The van der Waals surface area contributed by atoms with Crippen LogP contribution in [0.2, 0.25) is 0 Å². The summed E-state index contributed by atoms with van der Waals surface area (Å²) in [4.78, 5) is 79.0. The average molecular weight is 691 g/mol. The van der Waals surface area contributed by atoms with Gasteiger partial charge in [-0.15, -0.1) is 0 Å². The molecular weight excluding hydrogens is 640 g/mol. The Morgan fingerprint density at radius 2 is 0.940 bits per heavy atom. The van der Waals surface area contributed by atoms with E-state index in [1.807, 2.05) is 24.3 Å². The van der Waals surface area contributed by atoms with E-state index in [1.165, 1.54) is 9.80 Å². The van der Waals surface area contributed by atoms with Crippen molar-refractivity contribution in [3.8, 4) is 0 Å². The second-order valence-corrected chi connectivity index (χ2v) is 14.8. The first-order valence-corrected chi connectivity index (χ1v) is 17.3. The first kappa shape index (κ1) is 38.1. The zero-order valence-corrected chi connectivity index (χ0v) is 30.0. The van der Waals surface area contributed by atoms with Gasteiger partial charge in [0.2, 0.25) is 11.8 Å². The summed E-state index contributed by atoms with van der Waals surface area (Å²) in [5.41, 5.74) is 1.68. The van der Waals surface area contributed by atoms with Crippen molar-refractivity contribution in [3.63, 3.8) is 0 Å². The van der Waals surface area contributed by atoms with Gasteiger partial charge in [0.15, 0.2) is 11.6 Å². The van der Waals surface area contributed by atoms with Crippen molar-refractivity contribution < 1.29 is 38.2 Å². The van der Waals surface area contributed by atoms with E-state index in [0.717, 1.165) is 11.1 Å². The lowest BCUT2D eigenvalue weighted by Gasteiger charge is -2.28. The van der Waals surface area contributed by atoms with Crippen LogP contribution in [0.1, 0.15) is 99.1 Å². The van der Waals surface area contributed by atoms with Crippen molar-refractivity contribution in [3.05, 3.63) is 70.8 Å². The molecule has 12 heteroatoms. The number of likely N-dealkylation sites (tertiary alicyclic amines) is 2. The lowest BCUT2D eigenvalue weighted by Crippen LogP contribution is -2.48. The normalized spacial score (nSPS) is 17.6. The second kappa shape index (κ2) is 16.3. The van der Waals surface area contributed by atoms with E-state index in [2.05, 4.69) is 10.6 Å². The number of ketones is 2. The molecule has 2 aromatic carbocycles. The van der Waals surface area contributed by atoms with Crippen molar-refractivity contribution in [2.24, 2.45) is 0 Å². The molecule has 2 saturated heterocycles. The highest BCUT2D eigenvalue weighted by molar-refractivity contribution is 6.01. The third kappa shape index (κ3) is 10.9. The number of hydrogen-bond donors (Lipinski definition) is 2. The van der Waals surface area contributed by atoms with E-state index in [9.17, 15) is 28.8 Å². The van der Waals surface area contributed by atoms with Gasteiger partial charge in [0.25, 0.3) is 0 Å². The molecule has 4 rings (SSSR count). The fourth-order valence-corrected chi connectivity index (χ4v) is 5.93. The molecule has 2 atom stereocenters. The Kier molecular flexibility index (Phi) is 12.4. The number of ether oxygens (including phenoxy) is 2. The van der Waals surface area contributed by atoms with Gasteiger partial charge >= 0.3 is 12.2 Å². The van der Waals surface area contributed by atoms with Crippen molar-refractivity contribution in [1.29, 1.82) is 0 Å². The Morgan fingerprint density at radius 3 is 1.26 bits per heavy atom. The van der Waals surface area contributed by atoms with Crippen LogP contribution in [-0.2, 0) is 31.9 Å². The van der Waals surface area contributed by atoms with Crippen molar-refractivity contribution in [2.75, 3.05) is 26.2 Å². The van der Waals surface area contributed by atoms with Gasteiger partial charge in [-0.25, -0.2) is 9.59 Å². The Labute approximate surface area is 294 Å². The first-order valence-electron chi connectivity index (χ1n) is 17.3. The van der Waals surface area contributed by atoms with Gasteiger partial charge in [-0.3, -0.25) is 29.0 Å². The zero-order valence-electron chi connectivity index (χ0n) is 30.0. The molecule has 2 aliphatic heterocycles. The van der Waals surface area contributed by atoms with Crippen molar-refractivity contribution in [2.45, 2.75) is 103 Å². The molecular formula is C38H50N4O8. The van der Waals surface area contributed by atoms with E-state index in [0.29, 0.717) is 62.7 Å². The molecule has 0 aromatic heterocycles. The average Bonchev–Trinajstić information content (AvgIpc) is 3.75. The quantitative estimate of drug-likeness (QED) is 0.317. The number of benzene rings is 2. The van der Waals surface area contributed by atoms with Crippen LogP contribution in [0.5, 0.6) is 0 Å². The molecule has 2 aliphatic rings. The second-order valence-electron chi connectivity index (χ2n) is 14.8. The summed E-state index contributed by atoms with van der Waals surface area (Å²) in [6.07, 6.45) is 2.78. The SMILES string of the molecule is CC(C)(C)OC(=O)N1CCC[C@H]1C(=O)NCC(=O)c1ccc(CCc2ccc(C(=O)CNC(=O)[C@@H]3CCCN3C(=O)OC(C)(C)C)cc2)cc1. The van der Waals surface area contributed by atoms with Crippen LogP contribution in [0.4, 0.5) is 9.59 Å². The fraction of sp³-hybridized carbons (Fsp3) is 0.526. The zero-order chi connectivity index (χ0) is 36.6. The minimum Gasteiger partial charge on any atom is -0.444 e.